The molecule has 0 aliphatic heterocycles. The fourth-order valence-corrected chi connectivity index (χ4v) is 1.23. The topological polar surface area (TPSA) is 55.4 Å². The Balaban J connectivity index is 1.92. The molecule has 0 bridgehead atoms. The van der Waals surface area contributed by atoms with Crippen molar-refractivity contribution in [3.63, 3.8) is 0 Å². The molecule has 19 heavy (non-hydrogen) atoms. The van der Waals surface area contributed by atoms with Crippen molar-refractivity contribution in [2.75, 3.05) is 0 Å². The predicted molar refractivity (Wildman–Crippen MR) is 65.8 cm³/mol. The molecule has 106 valence electrons. The van der Waals surface area contributed by atoms with Crippen molar-refractivity contribution >= 4 is 0 Å². The van der Waals surface area contributed by atoms with Crippen molar-refractivity contribution in [2.24, 2.45) is 0 Å². The summed E-state index contributed by atoms with van der Waals surface area (Å²) < 4.78 is 0. The molecule has 0 aromatic heterocycles. The molecule has 0 N–H and O–H groups in total. The minimum Gasteiger partial charge on any atom is -0.311 e. The number of hydrogen-bond donors (Lipinski definition) is 0. The van der Waals surface area contributed by atoms with E-state index in [4.69, 9.17) is 0 Å². The molecule has 0 spiro atoms. The molecule has 0 atom stereocenters. The minimum absolute atomic E-state index is 0.445. The van der Waals surface area contributed by atoms with E-state index in [0.29, 0.717) is 17.9 Å². The van der Waals surface area contributed by atoms with Gasteiger partial charge in [0.05, 0.1) is 0 Å². The van der Waals surface area contributed by atoms with Gasteiger partial charge in [-0.25, -0.2) is 0 Å². The Morgan fingerprint density at radius 2 is 1.74 bits per heavy atom. The van der Waals surface area contributed by atoms with Crippen molar-refractivity contribution in [3.8, 4) is 5.75 Å². The van der Waals surface area contributed by atoms with Crippen molar-refractivity contribution in [1.82, 2.24) is 0 Å². The highest BCUT2D eigenvalue weighted by Crippen LogP contribution is 2.10. The maximum absolute atomic E-state index is 4.69. The number of rotatable bonds is 11. The SMILES string of the molecule is C=C(CCCCC)OOOOOOc1ccccc1. The van der Waals surface area contributed by atoms with Gasteiger partial charge in [0, 0.05) is 26.6 Å². The second-order valence-electron chi connectivity index (χ2n) is 3.75. The van der Waals surface area contributed by atoms with E-state index in [2.05, 4.69) is 43.4 Å². The maximum atomic E-state index is 4.69. The van der Waals surface area contributed by atoms with Crippen LogP contribution in [0.3, 0.4) is 0 Å². The summed E-state index contributed by atoms with van der Waals surface area (Å²) in [4.78, 5) is 9.35. The lowest BCUT2D eigenvalue weighted by atomic mass is 10.2. The second-order valence-corrected chi connectivity index (χ2v) is 3.75. The largest absolute Gasteiger partial charge is 0.311 e. The fourth-order valence-electron chi connectivity index (χ4n) is 1.23. The van der Waals surface area contributed by atoms with E-state index in [-0.39, 0.29) is 0 Å². The first-order valence-electron chi connectivity index (χ1n) is 6.07. The van der Waals surface area contributed by atoms with Crippen LogP contribution in [-0.2, 0) is 25.0 Å². The lowest BCUT2D eigenvalue weighted by Crippen LogP contribution is -2.02. The molecule has 0 amide bonds. The van der Waals surface area contributed by atoms with Crippen LogP contribution in [0.15, 0.2) is 42.7 Å². The van der Waals surface area contributed by atoms with Crippen LogP contribution >= 0.6 is 0 Å². The molecular weight excluding hydrogens is 252 g/mol. The van der Waals surface area contributed by atoms with Crippen LogP contribution in [0.1, 0.15) is 32.6 Å². The first-order valence-corrected chi connectivity index (χ1v) is 6.07. The fraction of sp³-hybridized carbons (Fsp3) is 0.385. The van der Waals surface area contributed by atoms with Crippen LogP contribution in [0.5, 0.6) is 5.75 Å². The van der Waals surface area contributed by atoms with Gasteiger partial charge in [0.1, 0.15) is 5.76 Å². The standard InChI is InChI=1S/C13H18O6/c1-3-4-6-9-12(2)14-16-18-19-17-15-13-10-7-5-8-11-13/h5,7-8,10-11H,2-4,6,9H2,1H3. The van der Waals surface area contributed by atoms with Crippen LogP contribution in [0.4, 0.5) is 0 Å². The molecule has 0 unspecified atom stereocenters. The van der Waals surface area contributed by atoms with Crippen LogP contribution in [-0.4, -0.2) is 0 Å². The average molecular weight is 270 g/mol. The van der Waals surface area contributed by atoms with E-state index in [9.17, 15) is 0 Å². The molecule has 0 fully saturated rings. The maximum Gasteiger partial charge on any atom is 0.168 e. The zero-order valence-corrected chi connectivity index (χ0v) is 10.9. The van der Waals surface area contributed by atoms with Crippen molar-refractivity contribution in [2.45, 2.75) is 32.6 Å². The Bertz CT molecular complexity index is 340. The monoisotopic (exact) mass is 270 g/mol. The molecule has 6 heteroatoms. The van der Waals surface area contributed by atoms with Gasteiger partial charge < -0.3 is 9.78 Å². The summed E-state index contributed by atoms with van der Waals surface area (Å²) in [5.74, 6) is 0.900. The summed E-state index contributed by atoms with van der Waals surface area (Å²) in [5.41, 5.74) is 0. The van der Waals surface area contributed by atoms with Gasteiger partial charge in [-0.1, -0.05) is 44.5 Å². The normalized spacial score (nSPS) is 10.2. The molecule has 0 aliphatic rings. The lowest BCUT2D eigenvalue weighted by molar-refractivity contribution is -0.741. The number of allylic oxidation sites excluding steroid dienone is 1. The van der Waals surface area contributed by atoms with E-state index >= 15 is 0 Å². The van der Waals surface area contributed by atoms with Gasteiger partial charge in [0.25, 0.3) is 0 Å². The Kier molecular flexibility index (Phi) is 8.41. The van der Waals surface area contributed by atoms with Gasteiger partial charge in [-0.15, -0.1) is 0 Å². The zero-order valence-electron chi connectivity index (χ0n) is 10.9. The van der Waals surface area contributed by atoms with Gasteiger partial charge in [0.15, 0.2) is 5.75 Å². The third kappa shape index (κ3) is 8.17. The van der Waals surface area contributed by atoms with Gasteiger partial charge in [-0.2, -0.15) is 0 Å². The molecule has 0 heterocycles. The molecule has 1 aromatic rings. The van der Waals surface area contributed by atoms with Crippen LogP contribution < -0.4 is 4.89 Å². The highest BCUT2D eigenvalue weighted by Gasteiger charge is 1.99. The number of hydrogen-bond acceptors (Lipinski definition) is 6. The van der Waals surface area contributed by atoms with Gasteiger partial charge in [-0.3, -0.25) is 0 Å². The molecule has 1 aromatic carbocycles. The first-order chi connectivity index (χ1) is 9.33. The van der Waals surface area contributed by atoms with Crippen molar-refractivity contribution in [1.29, 1.82) is 0 Å². The number of unbranched alkanes of at least 4 members (excludes halogenated alkanes) is 2. The summed E-state index contributed by atoms with van der Waals surface area (Å²) >= 11 is 0. The molecular formula is C13H18O6. The highest BCUT2D eigenvalue weighted by atomic mass is 17.8. The van der Waals surface area contributed by atoms with Gasteiger partial charge in [-0.05, 0) is 18.6 Å². The molecule has 0 saturated heterocycles. The second kappa shape index (κ2) is 10.3. The van der Waals surface area contributed by atoms with E-state index < -0.39 is 0 Å². The molecule has 1 rings (SSSR count). The van der Waals surface area contributed by atoms with Crippen molar-refractivity contribution in [3.05, 3.63) is 42.7 Å². The summed E-state index contributed by atoms with van der Waals surface area (Å²) in [6, 6.07) is 8.75. The summed E-state index contributed by atoms with van der Waals surface area (Å²) in [5, 5.41) is 16.7. The van der Waals surface area contributed by atoms with E-state index in [1.54, 1.807) is 24.3 Å². The van der Waals surface area contributed by atoms with Gasteiger partial charge >= 0.3 is 0 Å². The summed E-state index contributed by atoms with van der Waals surface area (Å²) in [7, 11) is 0. The Morgan fingerprint density at radius 3 is 2.47 bits per heavy atom. The molecule has 0 aliphatic carbocycles. The van der Waals surface area contributed by atoms with Crippen LogP contribution in [0, 0.1) is 0 Å². The molecule has 0 radical (unpaired) electrons. The Morgan fingerprint density at radius 1 is 1.00 bits per heavy atom. The predicted octanol–water partition coefficient (Wildman–Crippen LogP) is 3.82. The van der Waals surface area contributed by atoms with Crippen LogP contribution in [0.25, 0.3) is 0 Å². The Labute approximate surface area is 112 Å². The molecule has 6 nitrogen and oxygen atoms in total. The van der Waals surface area contributed by atoms with E-state index in [1.807, 2.05) is 6.07 Å². The number of benzene rings is 1. The quantitative estimate of drug-likeness (QED) is 0.264. The van der Waals surface area contributed by atoms with E-state index in [0.717, 1.165) is 19.3 Å². The highest BCUT2D eigenvalue weighted by molar-refractivity contribution is 5.19. The van der Waals surface area contributed by atoms with Crippen molar-refractivity contribution < 1.29 is 29.9 Å². The summed E-state index contributed by atoms with van der Waals surface area (Å²) in [6.45, 7) is 5.75. The zero-order chi connectivity index (χ0) is 13.8. The summed E-state index contributed by atoms with van der Waals surface area (Å²) in [6.07, 6.45) is 3.90. The Hall–Kier alpha value is -1.60. The molecule has 0 saturated carbocycles. The lowest BCUT2D eigenvalue weighted by Gasteiger charge is -2.04. The van der Waals surface area contributed by atoms with E-state index in [1.165, 1.54) is 0 Å². The van der Waals surface area contributed by atoms with Gasteiger partial charge in [0.2, 0.25) is 0 Å². The smallest absolute Gasteiger partial charge is 0.168 e. The third-order valence-corrected chi connectivity index (χ3v) is 2.17. The average Bonchev–Trinajstić information content (AvgIpc) is 2.44. The van der Waals surface area contributed by atoms with Crippen LogP contribution in [0.2, 0.25) is 0 Å². The number of para-hydroxylation sites is 1. The third-order valence-electron chi connectivity index (χ3n) is 2.17. The minimum atomic E-state index is 0.445. The first kappa shape index (κ1) is 15.5.